The van der Waals surface area contributed by atoms with Gasteiger partial charge < -0.3 is 5.32 Å². The van der Waals surface area contributed by atoms with Crippen LogP contribution in [0.4, 0.5) is 4.79 Å². The minimum atomic E-state index is -0.531. The highest BCUT2D eigenvalue weighted by molar-refractivity contribution is 7.99. The molecular weight excluding hydrogens is 445 g/mol. The lowest BCUT2D eigenvalue weighted by atomic mass is 10.2. The molecule has 3 aromatic rings. The second-order valence-corrected chi connectivity index (χ2v) is 8.13. The molecule has 0 atom stereocenters. The largest absolute Gasteiger partial charge is 0.341 e. The quantitative estimate of drug-likeness (QED) is 0.511. The summed E-state index contributed by atoms with van der Waals surface area (Å²) >= 11 is 13.8. The number of nitrogens with zero attached hydrogens (tertiary/aromatic N) is 3. The van der Waals surface area contributed by atoms with Crippen molar-refractivity contribution in [2.75, 3.05) is 12.8 Å². The average molecular weight is 464 g/mol. The number of amides is 3. The summed E-state index contributed by atoms with van der Waals surface area (Å²) in [6, 6.07) is 14.6. The van der Waals surface area contributed by atoms with Crippen LogP contribution in [0, 0.1) is 0 Å². The van der Waals surface area contributed by atoms with Crippen molar-refractivity contribution >= 4 is 46.9 Å². The topological polar surface area (TPSA) is 88.9 Å². The van der Waals surface area contributed by atoms with Gasteiger partial charge in [-0.1, -0.05) is 65.3 Å². The van der Waals surface area contributed by atoms with Crippen molar-refractivity contribution in [2.45, 2.75) is 18.1 Å². The standard InChI is InChI=1S/C20H19Cl2N5O2S/c1-23-19(29)24-17(28)9-10-30-20-26-25-18(15-8-7-14(21)11-16(15)22)27(20)12-13-5-3-2-4-6-13/h2-8,11H,9-10,12H2,1H3,(H2,23,24,28,29). The van der Waals surface area contributed by atoms with E-state index in [1.54, 1.807) is 18.2 Å². The Hall–Kier alpha value is -2.55. The van der Waals surface area contributed by atoms with Gasteiger partial charge in [-0.05, 0) is 23.8 Å². The fourth-order valence-electron chi connectivity index (χ4n) is 2.66. The molecule has 10 heteroatoms. The molecule has 0 bridgehead atoms. The van der Waals surface area contributed by atoms with Gasteiger partial charge in [0.25, 0.3) is 0 Å². The Kier molecular flexibility index (Phi) is 7.73. The first kappa shape index (κ1) is 22.1. The zero-order chi connectivity index (χ0) is 21.5. The number of aromatic nitrogens is 3. The van der Waals surface area contributed by atoms with Crippen LogP contribution in [-0.4, -0.2) is 39.5 Å². The summed E-state index contributed by atoms with van der Waals surface area (Å²) in [6.07, 6.45) is 0.160. The molecule has 1 heterocycles. The number of benzene rings is 2. The van der Waals surface area contributed by atoms with Gasteiger partial charge in [-0.15, -0.1) is 10.2 Å². The Labute approximate surface area is 188 Å². The third kappa shape index (κ3) is 5.75. The van der Waals surface area contributed by atoms with E-state index in [2.05, 4.69) is 20.8 Å². The Morgan fingerprint density at radius 2 is 1.87 bits per heavy atom. The van der Waals surface area contributed by atoms with Crippen molar-refractivity contribution in [1.29, 1.82) is 0 Å². The number of hydrogen-bond acceptors (Lipinski definition) is 5. The maximum absolute atomic E-state index is 11.8. The number of carbonyl (C=O) groups is 2. The van der Waals surface area contributed by atoms with Crippen LogP contribution < -0.4 is 10.6 Å². The van der Waals surface area contributed by atoms with Crippen LogP contribution in [0.2, 0.25) is 10.0 Å². The second-order valence-electron chi connectivity index (χ2n) is 6.23. The lowest BCUT2D eigenvalue weighted by Crippen LogP contribution is -2.37. The van der Waals surface area contributed by atoms with Crippen LogP contribution in [0.15, 0.2) is 53.7 Å². The van der Waals surface area contributed by atoms with Gasteiger partial charge in [-0.2, -0.15) is 0 Å². The second kappa shape index (κ2) is 10.5. The van der Waals surface area contributed by atoms with Gasteiger partial charge in [-0.25, -0.2) is 4.79 Å². The Morgan fingerprint density at radius 3 is 2.57 bits per heavy atom. The number of imide groups is 1. The normalized spacial score (nSPS) is 10.6. The molecule has 0 aliphatic carbocycles. The summed E-state index contributed by atoms with van der Waals surface area (Å²) in [5.41, 5.74) is 1.79. The molecule has 3 amide bonds. The minimum Gasteiger partial charge on any atom is -0.341 e. The maximum atomic E-state index is 11.8. The average Bonchev–Trinajstić information content (AvgIpc) is 3.11. The molecule has 30 heavy (non-hydrogen) atoms. The summed E-state index contributed by atoms with van der Waals surface area (Å²) < 4.78 is 1.95. The fourth-order valence-corrected chi connectivity index (χ4v) is 4.03. The highest BCUT2D eigenvalue weighted by atomic mass is 35.5. The summed E-state index contributed by atoms with van der Waals surface area (Å²) in [5, 5.41) is 14.9. The van der Waals surface area contributed by atoms with Crippen molar-refractivity contribution < 1.29 is 9.59 Å². The van der Waals surface area contributed by atoms with Gasteiger partial charge in [-0.3, -0.25) is 14.7 Å². The first-order valence-corrected chi connectivity index (χ1v) is 10.8. The number of rotatable bonds is 7. The first-order chi connectivity index (χ1) is 14.5. The number of nitrogens with one attached hydrogen (secondary N) is 2. The molecule has 1 aromatic heterocycles. The van der Waals surface area contributed by atoms with Crippen molar-refractivity contribution in [3.05, 3.63) is 64.1 Å². The predicted octanol–water partition coefficient (Wildman–Crippen LogP) is 4.24. The summed E-state index contributed by atoms with van der Waals surface area (Å²) in [4.78, 5) is 23.1. The minimum absolute atomic E-state index is 0.160. The molecule has 0 aliphatic heterocycles. The van der Waals surface area contributed by atoms with Gasteiger partial charge in [0.15, 0.2) is 11.0 Å². The van der Waals surface area contributed by atoms with Crippen LogP contribution in [0.25, 0.3) is 11.4 Å². The third-order valence-corrected chi connectivity index (χ3v) is 5.63. The molecular formula is C20H19Cl2N5O2S. The molecule has 0 spiro atoms. The van der Waals surface area contributed by atoms with Crippen molar-refractivity contribution in [1.82, 2.24) is 25.4 Å². The lowest BCUT2D eigenvalue weighted by Gasteiger charge is -2.11. The Bertz CT molecular complexity index is 1040. The summed E-state index contributed by atoms with van der Waals surface area (Å²) in [7, 11) is 1.45. The van der Waals surface area contributed by atoms with E-state index >= 15 is 0 Å². The van der Waals surface area contributed by atoms with Gasteiger partial charge in [0.05, 0.1) is 11.6 Å². The highest BCUT2D eigenvalue weighted by Gasteiger charge is 2.18. The monoisotopic (exact) mass is 463 g/mol. The molecule has 2 N–H and O–H groups in total. The molecule has 156 valence electrons. The van der Waals surface area contributed by atoms with E-state index < -0.39 is 6.03 Å². The van der Waals surface area contributed by atoms with Crippen molar-refractivity contribution in [3.63, 3.8) is 0 Å². The van der Waals surface area contributed by atoms with Crippen LogP contribution >= 0.6 is 35.0 Å². The van der Waals surface area contributed by atoms with Crippen LogP contribution in [0.1, 0.15) is 12.0 Å². The van der Waals surface area contributed by atoms with E-state index in [1.807, 2.05) is 34.9 Å². The van der Waals surface area contributed by atoms with Crippen LogP contribution in [0.3, 0.4) is 0 Å². The number of hydrogen-bond donors (Lipinski definition) is 2. The number of carbonyl (C=O) groups excluding carboxylic acids is 2. The van der Waals surface area contributed by atoms with E-state index in [4.69, 9.17) is 23.2 Å². The smallest absolute Gasteiger partial charge is 0.321 e. The van der Waals surface area contributed by atoms with Crippen molar-refractivity contribution in [2.24, 2.45) is 0 Å². The number of urea groups is 1. The Balaban J connectivity index is 1.83. The molecule has 0 saturated heterocycles. The molecule has 0 aliphatic rings. The van der Waals surface area contributed by atoms with Gasteiger partial charge in [0, 0.05) is 29.8 Å². The fraction of sp³-hybridized carbons (Fsp3) is 0.200. The zero-order valence-electron chi connectivity index (χ0n) is 16.1. The maximum Gasteiger partial charge on any atom is 0.321 e. The SMILES string of the molecule is CNC(=O)NC(=O)CCSc1nnc(-c2ccc(Cl)cc2Cl)n1Cc1ccccc1. The van der Waals surface area contributed by atoms with E-state index in [-0.39, 0.29) is 12.3 Å². The zero-order valence-corrected chi connectivity index (χ0v) is 18.4. The molecule has 2 aromatic carbocycles. The van der Waals surface area contributed by atoms with E-state index in [1.165, 1.54) is 18.8 Å². The molecule has 0 radical (unpaired) electrons. The summed E-state index contributed by atoms with van der Waals surface area (Å²) in [5.74, 6) is 0.680. The van der Waals surface area contributed by atoms with Crippen LogP contribution in [-0.2, 0) is 11.3 Å². The van der Waals surface area contributed by atoms with Gasteiger partial charge in [0.1, 0.15) is 0 Å². The van der Waals surface area contributed by atoms with E-state index in [9.17, 15) is 9.59 Å². The third-order valence-electron chi connectivity index (χ3n) is 4.11. The van der Waals surface area contributed by atoms with E-state index in [0.29, 0.717) is 38.9 Å². The number of thioether (sulfide) groups is 1. The molecule has 0 fully saturated rings. The van der Waals surface area contributed by atoms with Crippen molar-refractivity contribution in [3.8, 4) is 11.4 Å². The molecule has 0 unspecified atom stereocenters. The molecule has 3 rings (SSSR count). The van der Waals surface area contributed by atoms with E-state index in [0.717, 1.165) is 5.56 Å². The van der Waals surface area contributed by atoms with Gasteiger partial charge in [0.2, 0.25) is 5.91 Å². The Morgan fingerprint density at radius 1 is 1.10 bits per heavy atom. The summed E-state index contributed by atoms with van der Waals surface area (Å²) in [6.45, 7) is 0.537. The van der Waals surface area contributed by atoms with Crippen LogP contribution in [0.5, 0.6) is 0 Å². The molecule has 0 saturated carbocycles. The lowest BCUT2D eigenvalue weighted by molar-refractivity contribution is -0.119. The number of halogens is 2. The predicted molar refractivity (Wildman–Crippen MR) is 119 cm³/mol. The first-order valence-electron chi connectivity index (χ1n) is 9.05. The van der Waals surface area contributed by atoms with Gasteiger partial charge >= 0.3 is 6.03 Å². The molecule has 7 nitrogen and oxygen atoms in total. The highest BCUT2D eigenvalue weighted by Crippen LogP contribution is 2.32.